The van der Waals surface area contributed by atoms with Gasteiger partial charge in [0.05, 0.1) is 12.2 Å². The maximum atomic E-state index is 12.4. The first kappa shape index (κ1) is 23.9. The summed E-state index contributed by atoms with van der Waals surface area (Å²) in [4.78, 5) is 17.3. The molecule has 2 aliphatic rings. The molecular weight excluding hydrogens is 440 g/mol. The molecule has 0 saturated carbocycles. The monoisotopic (exact) mass is 472 g/mol. The number of carbonyl (C=O) groups excluding carboxylic acids is 1. The Hall–Kier alpha value is -2.28. The lowest BCUT2D eigenvalue weighted by Gasteiger charge is -2.33. The molecule has 2 heterocycles. The van der Waals surface area contributed by atoms with Crippen molar-refractivity contribution in [2.45, 2.75) is 25.7 Å². The van der Waals surface area contributed by atoms with Crippen molar-refractivity contribution in [1.82, 2.24) is 9.80 Å². The smallest absolute Gasteiger partial charge is 0.338 e. The molecule has 0 amide bonds. The van der Waals surface area contributed by atoms with Crippen LogP contribution in [-0.4, -0.2) is 68.9 Å². The summed E-state index contributed by atoms with van der Waals surface area (Å²) >= 11 is 5.92. The van der Waals surface area contributed by atoms with Crippen LogP contribution in [0.3, 0.4) is 0 Å². The van der Waals surface area contributed by atoms with Crippen molar-refractivity contribution in [1.29, 1.82) is 0 Å². The minimum atomic E-state index is -0.286. The maximum Gasteiger partial charge on any atom is 0.338 e. The zero-order valence-electron chi connectivity index (χ0n) is 19.3. The molecule has 2 aromatic rings. The van der Waals surface area contributed by atoms with E-state index >= 15 is 0 Å². The molecule has 1 fully saturated rings. The van der Waals surface area contributed by atoms with Crippen LogP contribution in [0, 0.1) is 5.92 Å². The van der Waals surface area contributed by atoms with E-state index in [0.717, 1.165) is 69.9 Å². The van der Waals surface area contributed by atoms with Gasteiger partial charge in [0.1, 0.15) is 0 Å². The van der Waals surface area contributed by atoms with E-state index in [-0.39, 0.29) is 5.97 Å². The highest BCUT2D eigenvalue weighted by atomic mass is 35.5. The van der Waals surface area contributed by atoms with Gasteiger partial charge in [-0.15, -0.1) is 0 Å². The van der Waals surface area contributed by atoms with Crippen molar-refractivity contribution in [3.8, 4) is 11.5 Å². The van der Waals surface area contributed by atoms with E-state index < -0.39 is 0 Å². The van der Waals surface area contributed by atoms with Gasteiger partial charge in [0, 0.05) is 24.0 Å². The van der Waals surface area contributed by atoms with Gasteiger partial charge in [-0.2, -0.15) is 0 Å². The Balaban J connectivity index is 1.23. The number of ether oxygens (including phenoxy) is 3. The molecule has 1 atom stereocenters. The number of aryl methyl sites for hydroxylation is 1. The van der Waals surface area contributed by atoms with E-state index in [1.54, 1.807) is 24.3 Å². The Labute approximate surface area is 201 Å². The van der Waals surface area contributed by atoms with Crippen LogP contribution in [0.15, 0.2) is 42.5 Å². The number of fused-ring (bicyclic) bond motifs is 1. The Kier molecular flexibility index (Phi) is 8.48. The molecule has 6 nitrogen and oxygen atoms in total. The standard InChI is InChI=1S/C26H33ClN2O4/c1-28-12-4-14-29(13-3-2-5-20-6-11-24-25(15-20)33-19-32-24)17-21(16-28)18-31-26(30)22-7-9-23(27)10-8-22/h6-11,15,21H,2-5,12-14,16-19H2,1H3. The highest BCUT2D eigenvalue weighted by molar-refractivity contribution is 6.30. The average molecular weight is 473 g/mol. The van der Waals surface area contributed by atoms with Crippen LogP contribution in [-0.2, 0) is 11.2 Å². The highest BCUT2D eigenvalue weighted by Crippen LogP contribution is 2.32. The molecule has 0 bridgehead atoms. The lowest BCUT2D eigenvalue weighted by atomic mass is 10.1. The lowest BCUT2D eigenvalue weighted by molar-refractivity contribution is 0.0345. The van der Waals surface area contributed by atoms with E-state index in [4.69, 9.17) is 25.8 Å². The lowest BCUT2D eigenvalue weighted by Crippen LogP contribution is -2.42. The Morgan fingerprint density at radius 2 is 1.88 bits per heavy atom. The quantitative estimate of drug-likeness (QED) is 0.416. The first-order chi connectivity index (χ1) is 16.1. The molecule has 1 saturated heterocycles. The van der Waals surface area contributed by atoms with Crippen molar-refractivity contribution in [3.63, 3.8) is 0 Å². The number of hydrogen-bond donors (Lipinski definition) is 0. The topological polar surface area (TPSA) is 51.2 Å². The van der Waals surface area contributed by atoms with Gasteiger partial charge in [0.2, 0.25) is 6.79 Å². The summed E-state index contributed by atoms with van der Waals surface area (Å²) < 4.78 is 16.5. The Morgan fingerprint density at radius 3 is 2.73 bits per heavy atom. The van der Waals surface area contributed by atoms with Crippen molar-refractivity contribution in [2.75, 3.05) is 53.2 Å². The first-order valence-corrected chi connectivity index (χ1v) is 12.2. The van der Waals surface area contributed by atoms with Gasteiger partial charge < -0.3 is 24.0 Å². The van der Waals surface area contributed by atoms with E-state index in [1.165, 1.54) is 5.56 Å². The summed E-state index contributed by atoms with van der Waals surface area (Å²) in [7, 11) is 2.15. The molecule has 0 aromatic heterocycles. The number of esters is 1. The summed E-state index contributed by atoms with van der Waals surface area (Å²) in [5, 5.41) is 0.613. The fourth-order valence-corrected chi connectivity index (χ4v) is 4.67. The average Bonchev–Trinajstić information content (AvgIpc) is 3.27. The molecule has 0 N–H and O–H groups in total. The van der Waals surface area contributed by atoms with Gasteiger partial charge in [-0.25, -0.2) is 4.79 Å². The largest absolute Gasteiger partial charge is 0.462 e. The molecule has 1 unspecified atom stereocenters. The maximum absolute atomic E-state index is 12.4. The third kappa shape index (κ3) is 7.10. The van der Waals surface area contributed by atoms with Gasteiger partial charge >= 0.3 is 5.97 Å². The zero-order valence-corrected chi connectivity index (χ0v) is 20.1. The number of halogens is 1. The van der Waals surface area contributed by atoms with Crippen molar-refractivity contribution < 1.29 is 19.0 Å². The fourth-order valence-electron chi connectivity index (χ4n) is 4.54. The second-order valence-electron chi connectivity index (χ2n) is 9.03. The highest BCUT2D eigenvalue weighted by Gasteiger charge is 2.21. The Morgan fingerprint density at radius 1 is 1.06 bits per heavy atom. The minimum Gasteiger partial charge on any atom is -0.462 e. The van der Waals surface area contributed by atoms with Gasteiger partial charge in [0.25, 0.3) is 0 Å². The molecule has 33 heavy (non-hydrogen) atoms. The van der Waals surface area contributed by atoms with Crippen molar-refractivity contribution >= 4 is 17.6 Å². The first-order valence-electron chi connectivity index (χ1n) is 11.8. The number of carbonyl (C=O) groups is 1. The summed E-state index contributed by atoms with van der Waals surface area (Å²) in [6.07, 6.45) is 4.47. The molecule has 7 heteroatoms. The Bertz CT molecular complexity index is 921. The van der Waals surface area contributed by atoms with Crippen molar-refractivity contribution in [2.24, 2.45) is 5.92 Å². The van der Waals surface area contributed by atoms with Crippen LogP contribution >= 0.6 is 11.6 Å². The number of hydrogen-bond acceptors (Lipinski definition) is 6. The summed E-state index contributed by atoms with van der Waals surface area (Å²) in [6.45, 7) is 5.84. The van der Waals surface area contributed by atoms with Gasteiger partial charge in [-0.3, -0.25) is 0 Å². The third-order valence-electron chi connectivity index (χ3n) is 6.26. The number of nitrogens with zero attached hydrogens (tertiary/aromatic N) is 2. The van der Waals surface area contributed by atoms with Crippen molar-refractivity contribution in [3.05, 3.63) is 58.6 Å². The van der Waals surface area contributed by atoms with E-state index in [0.29, 0.717) is 29.9 Å². The second-order valence-corrected chi connectivity index (χ2v) is 9.47. The normalized spacial score (nSPS) is 19.2. The summed E-state index contributed by atoms with van der Waals surface area (Å²) in [6, 6.07) is 13.1. The summed E-state index contributed by atoms with van der Waals surface area (Å²) in [5.41, 5.74) is 1.83. The molecule has 2 aromatic carbocycles. The number of rotatable bonds is 8. The molecule has 0 spiro atoms. The van der Waals surface area contributed by atoms with Crippen LogP contribution in [0.1, 0.15) is 35.2 Å². The van der Waals surface area contributed by atoms with Crippen LogP contribution < -0.4 is 9.47 Å². The number of benzene rings is 2. The van der Waals surface area contributed by atoms with E-state index in [1.807, 2.05) is 6.07 Å². The van der Waals surface area contributed by atoms with Gasteiger partial charge in [0.15, 0.2) is 11.5 Å². The SMILES string of the molecule is CN1CCCN(CCCCc2ccc3c(c2)OCO3)CC(COC(=O)c2ccc(Cl)cc2)C1. The van der Waals surface area contributed by atoms with Crippen LogP contribution in [0.2, 0.25) is 5.02 Å². The minimum absolute atomic E-state index is 0.286. The molecule has 4 rings (SSSR count). The molecule has 0 radical (unpaired) electrons. The van der Waals surface area contributed by atoms with Crippen LogP contribution in [0.25, 0.3) is 0 Å². The molecule has 2 aliphatic heterocycles. The van der Waals surface area contributed by atoms with Crippen LogP contribution in [0.4, 0.5) is 0 Å². The molecule has 0 aliphatic carbocycles. The number of unbranched alkanes of at least 4 members (excludes halogenated alkanes) is 1. The molecule has 178 valence electrons. The van der Waals surface area contributed by atoms with Gasteiger partial charge in [-0.05, 0) is 94.3 Å². The third-order valence-corrected chi connectivity index (χ3v) is 6.51. The predicted octanol–water partition coefficient (Wildman–Crippen LogP) is 4.50. The molecular formula is C26H33ClN2O4. The summed E-state index contributed by atoms with van der Waals surface area (Å²) in [5.74, 6) is 1.70. The second kappa shape index (κ2) is 11.7. The van der Waals surface area contributed by atoms with Gasteiger partial charge in [-0.1, -0.05) is 17.7 Å². The van der Waals surface area contributed by atoms with E-state index in [9.17, 15) is 4.79 Å². The van der Waals surface area contributed by atoms with Crippen LogP contribution in [0.5, 0.6) is 11.5 Å². The predicted molar refractivity (Wildman–Crippen MR) is 129 cm³/mol. The fraction of sp³-hybridized carbons (Fsp3) is 0.500. The van der Waals surface area contributed by atoms with E-state index in [2.05, 4.69) is 29.0 Å². The zero-order chi connectivity index (χ0) is 23.0.